The summed E-state index contributed by atoms with van der Waals surface area (Å²) in [7, 11) is 0. The van der Waals surface area contributed by atoms with Gasteiger partial charge < -0.3 is 20.4 Å². The molecule has 100 valence electrons. The first kappa shape index (κ1) is 13.2. The van der Waals surface area contributed by atoms with Crippen molar-refractivity contribution in [2.75, 3.05) is 31.2 Å². The van der Waals surface area contributed by atoms with Gasteiger partial charge in [-0.3, -0.25) is 0 Å². The SMILES string of the molecule is OCC(CO)N[C@@H]1CCCN(c2ncccn2)C1. The van der Waals surface area contributed by atoms with Crippen molar-refractivity contribution in [3.8, 4) is 0 Å². The molecule has 2 heterocycles. The Labute approximate surface area is 107 Å². The van der Waals surface area contributed by atoms with E-state index in [9.17, 15) is 0 Å². The molecule has 0 spiro atoms. The van der Waals surface area contributed by atoms with Gasteiger partial charge in [0.1, 0.15) is 0 Å². The molecule has 2 rings (SSSR count). The zero-order valence-corrected chi connectivity index (χ0v) is 10.4. The topological polar surface area (TPSA) is 81.5 Å². The highest BCUT2D eigenvalue weighted by Gasteiger charge is 2.23. The van der Waals surface area contributed by atoms with Crippen LogP contribution >= 0.6 is 0 Å². The molecule has 0 aliphatic carbocycles. The fourth-order valence-corrected chi connectivity index (χ4v) is 2.25. The number of anilines is 1. The van der Waals surface area contributed by atoms with Crippen molar-refractivity contribution in [2.24, 2.45) is 0 Å². The number of rotatable bonds is 5. The summed E-state index contributed by atoms with van der Waals surface area (Å²) in [4.78, 5) is 10.6. The molecule has 1 fully saturated rings. The van der Waals surface area contributed by atoms with Crippen molar-refractivity contribution in [3.05, 3.63) is 18.5 Å². The summed E-state index contributed by atoms with van der Waals surface area (Å²) in [6.07, 6.45) is 5.58. The van der Waals surface area contributed by atoms with Crippen molar-refractivity contribution in [2.45, 2.75) is 24.9 Å². The first-order chi connectivity index (χ1) is 8.83. The number of nitrogens with zero attached hydrogens (tertiary/aromatic N) is 3. The van der Waals surface area contributed by atoms with Crippen LogP contribution in [-0.2, 0) is 0 Å². The molecule has 0 unspecified atom stereocenters. The Hall–Kier alpha value is -1.24. The minimum Gasteiger partial charge on any atom is -0.395 e. The maximum atomic E-state index is 9.08. The van der Waals surface area contributed by atoms with Crippen LogP contribution in [0.3, 0.4) is 0 Å². The van der Waals surface area contributed by atoms with Crippen LogP contribution in [0.5, 0.6) is 0 Å². The first-order valence-corrected chi connectivity index (χ1v) is 6.33. The van der Waals surface area contributed by atoms with Crippen molar-refractivity contribution in [1.82, 2.24) is 15.3 Å². The Balaban J connectivity index is 1.92. The van der Waals surface area contributed by atoms with Crippen molar-refractivity contribution in [3.63, 3.8) is 0 Å². The molecular formula is C12H20N4O2. The minimum atomic E-state index is -0.244. The van der Waals surface area contributed by atoms with Gasteiger partial charge >= 0.3 is 0 Å². The Morgan fingerprint density at radius 2 is 2.06 bits per heavy atom. The van der Waals surface area contributed by atoms with Crippen LogP contribution in [0.2, 0.25) is 0 Å². The van der Waals surface area contributed by atoms with Gasteiger partial charge in [0.25, 0.3) is 0 Å². The molecule has 1 atom stereocenters. The summed E-state index contributed by atoms with van der Waals surface area (Å²) in [5.74, 6) is 0.744. The molecule has 1 saturated heterocycles. The molecule has 6 nitrogen and oxygen atoms in total. The fourth-order valence-electron chi connectivity index (χ4n) is 2.25. The Bertz CT molecular complexity index is 345. The predicted octanol–water partition coefficient (Wildman–Crippen LogP) is -0.612. The maximum absolute atomic E-state index is 9.08. The van der Waals surface area contributed by atoms with Gasteiger partial charge in [0.05, 0.1) is 19.3 Å². The number of hydrogen-bond acceptors (Lipinski definition) is 6. The molecule has 0 saturated carbocycles. The number of aliphatic hydroxyl groups excluding tert-OH is 2. The standard InChI is InChI=1S/C12H20N4O2/c17-8-11(9-18)15-10-3-1-6-16(7-10)12-13-4-2-5-14-12/h2,4-5,10-11,15,17-18H,1,3,6-9H2/t10-/m1/s1. The van der Waals surface area contributed by atoms with Crippen LogP contribution in [0, 0.1) is 0 Å². The van der Waals surface area contributed by atoms with Gasteiger partial charge in [-0.15, -0.1) is 0 Å². The van der Waals surface area contributed by atoms with Crippen LogP contribution < -0.4 is 10.2 Å². The molecule has 1 aromatic heterocycles. The van der Waals surface area contributed by atoms with E-state index in [-0.39, 0.29) is 25.3 Å². The summed E-state index contributed by atoms with van der Waals surface area (Å²) in [6, 6.07) is 1.81. The number of aromatic nitrogens is 2. The summed E-state index contributed by atoms with van der Waals surface area (Å²) < 4.78 is 0. The molecule has 0 bridgehead atoms. The van der Waals surface area contributed by atoms with Gasteiger partial charge in [0.15, 0.2) is 0 Å². The highest BCUT2D eigenvalue weighted by atomic mass is 16.3. The average molecular weight is 252 g/mol. The Kier molecular flexibility index (Phi) is 4.86. The Morgan fingerprint density at radius 3 is 2.72 bits per heavy atom. The summed E-state index contributed by atoms with van der Waals surface area (Å²) in [5.41, 5.74) is 0. The minimum absolute atomic E-state index is 0.0468. The molecular weight excluding hydrogens is 232 g/mol. The van der Waals surface area contributed by atoms with Crippen LogP contribution in [0.1, 0.15) is 12.8 Å². The normalized spacial score (nSPS) is 20.4. The second-order valence-electron chi connectivity index (χ2n) is 4.56. The predicted molar refractivity (Wildman–Crippen MR) is 68.4 cm³/mol. The highest BCUT2D eigenvalue weighted by molar-refractivity contribution is 5.29. The van der Waals surface area contributed by atoms with E-state index in [2.05, 4.69) is 20.2 Å². The van der Waals surface area contributed by atoms with Gasteiger partial charge in [0, 0.05) is 31.5 Å². The van der Waals surface area contributed by atoms with Gasteiger partial charge in [-0.05, 0) is 18.9 Å². The van der Waals surface area contributed by atoms with E-state index < -0.39 is 0 Å². The summed E-state index contributed by atoms with van der Waals surface area (Å²) in [5, 5.41) is 21.4. The van der Waals surface area contributed by atoms with Gasteiger partial charge in [0.2, 0.25) is 5.95 Å². The molecule has 0 radical (unpaired) electrons. The largest absolute Gasteiger partial charge is 0.395 e. The first-order valence-electron chi connectivity index (χ1n) is 6.33. The zero-order valence-electron chi connectivity index (χ0n) is 10.4. The Morgan fingerprint density at radius 1 is 1.33 bits per heavy atom. The number of hydrogen-bond donors (Lipinski definition) is 3. The molecule has 1 aliphatic rings. The van der Waals surface area contributed by atoms with Crippen LogP contribution in [-0.4, -0.2) is 58.6 Å². The molecule has 18 heavy (non-hydrogen) atoms. The third-order valence-corrected chi connectivity index (χ3v) is 3.17. The van der Waals surface area contributed by atoms with Gasteiger partial charge in [-0.1, -0.05) is 0 Å². The fraction of sp³-hybridized carbons (Fsp3) is 0.667. The van der Waals surface area contributed by atoms with E-state index in [1.54, 1.807) is 18.5 Å². The average Bonchev–Trinajstić information content (AvgIpc) is 2.46. The molecule has 0 amide bonds. The zero-order chi connectivity index (χ0) is 12.8. The second kappa shape index (κ2) is 6.63. The van der Waals surface area contributed by atoms with Crippen molar-refractivity contribution < 1.29 is 10.2 Å². The van der Waals surface area contributed by atoms with E-state index >= 15 is 0 Å². The lowest BCUT2D eigenvalue weighted by atomic mass is 10.1. The lowest BCUT2D eigenvalue weighted by Gasteiger charge is -2.34. The van der Waals surface area contributed by atoms with Crippen molar-refractivity contribution >= 4 is 5.95 Å². The van der Waals surface area contributed by atoms with E-state index in [0.29, 0.717) is 0 Å². The molecule has 3 N–H and O–H groups in total. The summed E-state index contributed by atoms with van der Waals surface area (Å²) in [6.45, 7) is 1.66. The highest BCUT2D eigenvalue weighted by Crippen LogP contribution is 2.15. The van der Waals surface area contributed by atoms with Crippen molar-refractivity contribution in [1.29, 1.82) is 0 Å². The lowest BCUT2D eigenvalue weighted by Crippen LogP contribution is -2.51. The van der Waals surface area contributed by atoms with Gasteiger partial charge in [-0.25, -0.2) is 9.97 Å². The van der Waals surface area contributed by atoms with E-state index in [0.717, 1.165) is 31.9 Å². The van der Waals surface area contributed by atoms with Crippen LogP contribution in [0.15, 0.2) is 18.5 Å². The third kappa shape index (κ3) is 3.38. The molecule has 6 heteroatoms. The number of piperidine rings is 1. The molecule has 1 aliphatic heterocycles. The number of aliphatic hydroxyl groups is 2. The van der Waals surface area contributed by atoms with E-state index in [1.165, 1.54) is 0 Å². The smallest absolute Gasteiger partial charge is 0.225 e. The third-order valence-electron chi connectivity index (χ3n) is 3.17. The second-order valence-corrected chi connectivity index (χ2v) is 4.56. The van der Waals surface area contributed by atoms with E-state index in [4.69, 9.17) is 10.2 Å². The maximum Gasteiger partial charge on any atom is 0.225 e. The van der Waals surface area contributed by atoms with Crippen LogP contribution in [0.4, 0.5) is 5.95 Å². The van der Waals surface area contributed by atoms with Crippen LogP contribution in [0.25, 0.3) is 0 Å². The number of nitrogens with one attached hydrogen (secondary N) is 1. The molecule has 1 aromatic rings. The lowest BCUT2D eigenvalue weighted by molar-refractivity contribution is 0.158. The van der Waals surface area contributed by atoms with E-state index in [1.807, 2.05) is 0 Å². The van der Waals surface area contributed by atoms with Gasteiger partial charge in [-0.2, -0.15) is 0 Å². The molecule has 0 aromatic carbocycles. The monoisotopic (exact) mass is 252 g/mol. The summed E-state index contributed by atoms with van der Waals surface area (Å²) >= 11 is 0. The quantitative estimate of drug-likeness (QED) is 0.648.